The van der Waals surface area contributed by atoms with Gasteiger partial charge in [-0.1, -0.05) is 0 Å². The smallest absolute Gasteiger partial charge is 0.273 e. The van der Waals surface area contributed by atoms with E-state index in [0.29, 0.717) is 23.6 Å². The highest BCUT2D eigenvalue weighted by Crippen LogP contribution is 2.22. The molecule has 0 radical (unpaired) electrons. The largest absolute Gasteiger partial charge is 0.491 e. The second kappa shape index (κ2) is 7.83. The molecule has 0 saturated heterocycles. The number of nitrogens with two attached hydrogens (primary N) is 2. The number of allylic oxidation sites excluding steroid dienone is 1. The molecule has 6 N–H and O–H groups in total. The third-order valence-corrected chi connectivity index (χ3v) is 3.79. The minimum absolute atomic E-state index is 0.155. The number of hydrogen-bond donors (Lipinski definition) is 4. The van der Waals surface area contributed by atoms with Gasteiger partial charge < -0.3 is 21.1 Å². The molecule has 1 saturated carbocycles. The molecule has 1 fully saturated rings. The maximum absolute atomic E-state index is 12.0. The number of amides is 2. The Morgan fingerprint density at radius 2 is 2.08 bits per heavy atom. The van der Waals surface area contributed by atoms with Crippen molar-refractivity contribution >= 4 is 17.5 Å². The van der Waals surface area contributed by atoms with E-state index in [1.165, 1.54) is 7.11 Å². The number of benzene rings is 1. The van der Waals surface area contributed by atoms with E-state index in [2.05, 4.69) is 10.6 Å². The molecule has 1 aliphatic carbocycles. The summed E-state index contributed by atoms with van der Waals surface area (Å²) >= 11 is 0. The summed E-state index contributed by atoms with van der Waals surface area (Å²) in [7, 11) is 1.54. The summed E-state index contributed by atoms with van der Waals surface area (Å²) in [5.41, 5.74) is 8.04. The first-order chi connectivity index (χ1) is 11.5. The fourth-order valence-corrected chi connectivity index (χ4v) is 2.22. The Hall–Kier alpha value is -2.54. The number of methoxy groups -OCH3 is 1. The number of carbonyl (C=O) groups excluding carboxylic acids is 2. The highest BCUT2D eigenvalue weighted by Gasteiger charge is 2.25. The van der Waals surface area contributed by atoms with E-state index in [9.17, 15) is 9.59 Å². The van der Waals surface area contributed by atoms with Gasteiger partial charge in [0.25, 0.3) is 11.8 Å². The number of ether oxygens (including phenoxy) is 1. The Labute approximate surface area is 141 Å². The average Bonchev–Trinajstić information content (AvgIpc) is 3.38. The fourth-order valence-electron chi connectivity index (χ4n) is 2.22. The van der Waals surface area contributed by atoms with Crippen LogP contribution in [0.5, 0.6) is 5.75 Å². The van der Waals surface area contributed by atoms with Crippen molar-refractivity contribution in [3.63, 3.8) is 0 Å². The summed E-state index contributed by atoms with van der Waals surface area (Å²) in [5, 5.41) is 7.38. The maximum atomic E-state index is 12.0. The molecule has 1 aliphatic rings. The van der Waals surface area contributed by atoms with Gasteiger partial charge in [-0.3, -0.25) is 14.9 Å². The van der Waals surface area contributed by atoms with Crippen LogP contribution in [0.1, 0.15) is 37.0 Å². The average molecular weight is 333 g/mol. The first-order valence-corrected chi connectivity index (χ1v) is 8.04. The Kier molecular flexibility index (Phi) is 5.81. The highest BCUT2D eigenvalue weighted by atomic mass is 16.5. The number of carbonyl (C=O) groups is 2. The van der Waals surface area contributed by atoms with Crippen LogP contribution in [0.3, 0.4) is 0 Å². The molecule has 0 heterocycles. The summed E-state index contributed by atoms with van der Waals surface area (Å²) < 4.78 is 5.35. The van der Waals surface area contributed by atoms with Crippen LogP contribution in [0.25, 0.3) is 0 Å². The fraction of sp³-hybridized carbons (Fsp3) is 0.412. The number of quaternary nitrogens is 1. The van der Waals surface area contributed by atoms with Crippen LogP contribution in [0.4, 0.5) is 5.69 Å². The summed E-state index contributed by atoms with van der Waals surface area (Å²) in [6.07, 6.45) is 2.02. The normalized spacial score (nSPS) is 14.6. The van der Waals surface area contributed by atoms with Gasteiger partial charge in [-0.2, -0.15) is 0 Å². The van der Waals surface area contributed by atoms with Gasteiger partial charge >= 0.3 is 0 Å². The Morgan fingerprint density at radius 1 is 1.38 bits per heavy atom. The highest BCUT2D eigenvalue weighted by molar-refractivity contribution is 5.95. The van der Waals surface area contributed by atoms with E-state index in [1.807, 2.05) is 6.92 Å². The topological polar surface area (TPSA) is 110 Å². The van der Waals surface area contributed by atoms with Crippen LogP contribution in [-0.4, -0.2) is 31.5 Å². The lowest BCUT2D eigenvalue weighted by molar-refractivity contribution is -0.518. The van der Waals surface area contributed by atoms with Crippen molar-refractivity contribution in [1.29, 1.82) is 0 Å². The van der Waals surface area contributed by atoms with Crippen LogP contribution < -0.4 is 26.4 Å². The van der Waals surface area contributed by atoms with Gasteiger partial charge in [0.05, 0.1) is 7.11 Å². The zero-order valence-electron chi connectivity index (χ0n) is 14.3. The van der Waals surface area contributed by atoms with E-state index in [1.54, 1.807) is 30.4 Å². The van der Waals surface area contributed by atoms with Crippen LogP contribution in [-0.2, 0) is 4.79 Å². The van der Waals surface area contributed by atoms with E-state index in [4.69, 9.17) is 10.5 Å². The van der Waals surface area contributed by atoms with Crippen molar-refractivity contribution in [2.24, 2.45) is 5.73 Å². The molecule has 24 heavy (non-hydrogen) atoms. The number of nitrogens with one attached hydrogen (secondary N) is 2. The summed E-state index contributed by atoms with van der Waals surface area (Å²) in [6.45, 7) is 4.20. The Morgan fingerprint density at radius 3 is 2.67 bits per heavy atom. The first kappa shape index (κ1) is 17.8. The maximum Gasteiger partial charge on any atom is 0.273 e. The minimum atomic E-state index is -0.246. The van der Waals surface area contributed by atoms with Gasteiger partial charge in [0, 0.05) is 31.1 Å². The second-order valence-corrected chi connectivity index (χ2v) is 5.80. The molecular weight excluding hydrogens is 308 g/mol. The van der Waals surface area contributed by atoms with E-state index < -0.39 is 0 Å². The van der Waals surface area contributed by atoms with Crippen molar-refractivity contribution in [2.75, 3.05) is 13.7 Å². The minimum Gasteiger partial charge on any atom is -0.491 e. The van der Waals surface area contributed by atoms with Crippen molar-refractivity contribution in [2.45, 2.75) is 32.7 Å². The zero-order valence-corrected chi connectivity index (χ0v) is 14.3. The molecule has 130 valence electrons. The molecule has 0 spiro atoms. The van der Waals surface area contributed by atoms with Crippen molar-refractivity contribution < 1.29 is 19.6 Å². The Balaban J connectivity index is 2.15. The van der Waals surface area contributed by atoms with Crippen molar-refractivity contribution in [3.8, 4) is 5.75 Å². The van der Waals surface area contributed by atoms with Crippen molar-refractivity contribution in [3.05, 3.63) is 35.2 Å². The standard InChI is InChI=1S/C17H24N4O3/c1-4-19-16(22)11-5-8-13(14(9-11)24-3)20-10(2)15(18)17(23)21-12-6-7-12/h5,8-9,12,20H,4,6-7,18H2,1-3H3,(H,19,22)(H,21,23)/p+1. The van der Waals surface area contributed by atoms with E-state index in [-0.39, 0.29) is 23.6 Å². The van der Waals surface area contributed by atoms with Crippen LogP contribution in [0.15, 0.2) is 29.6 Å². The van der Waals surface area contributed by atoms with Crippen LogP contribution in [0, 0.1) is 0 Å². The molecule has 0 bridgehead atoms. The quantitative estimate of drug-likeness (QED) is 0.419. The molecule has 7 nitrogen and oxygen atoms in total. The van der Waals surface area contributed by atoms with E-state index >= 15 is 0 Å². The first-order valence-electron chi connectivity index (χ1n) is 8.04. The van der Waals surface area contributed by atoms with Gasteiger partial charge in [-0.15, -0.1) is 0 Å². The Bertz CT molecular complexity index is 666. The molecule has 7 heteroatoms. The van der Waals surface area contributed by atoms with Gasteiger partial charge in [0.2, 0.25) is 0 Å². The number of rotatable bonds is 7. The molecule has 0 atom stereocenters. The zero-order chi connectivity index (χ0) is 17.7. The molecule has 1 aromatic carbocycles. The predicted molar refractivity (Wildman–Crippen MR) is 90.6 cm³/mol. The van der Waals surface area contributed by atoms with Crippen LogP contribution in [0.2, 0.25) is 0 Å². The summed E-state index contributed by atoms with van der Waals surface area (Å²) in [5.74, 6) is 0.149. The molecular formula is C17H25N4O3+. The lowest BCUT2D eigenvalue weighted by Crippen LogP contribution is -2.76. The third kappa shape index (κ3) is 4.48. The molecule has 2 amide bonds. The number of hydrogen-bond acceptors (Lipinski definition) is 4. The molecule has 0 aromatic heterocycles. The van der Waals surface area contributed by atoms with Crippen molar-refractivity contribution in [1.82, 2.24) is 10.6 Å². The van der Waals surface area contributed by atoms with Gasteiger partial charge in [0.15, 0.2) is 17.1 Å². The summed E-state index contributed by atoms with van der Waals surface area (Å²) in [4.78, 5) is 23.9. The predicted octanol–water partition coefficient (Wildman–Crippen LogP) is 0.109. The molecule has 0 aliphatic heterocycles. The second-order valence-electron chi connectivity index (χ2n) is 5.80. The molecule has 1 aromatic rings. The van der Waals surface area contributed by atoms with Gasteiger partial charge in [-0.25, -0.2) is 0 Å². The monoisotopic (exact) mass is 333 g/mol. The molecule has 2 rings (SSSR count). The molecule has 0 unspecified atom stereocenters. The lowest BCUT2D eigenvalue weighted by atomic mass is 10.1. The van der Waals surface area contributed by atoms with Gasteiger partial charge in [-0.05, 0) is 31.9 Å². The summed E-state index contributed by atoms with van der Waals surface area (Å²) in [6, 6.07) is 5.42. The lowest BCUT2D eigenvalue weighted by Gasteiger charge is -2.10. The SMILES string of the molecule is CCNC(=O)c1ccc([NH2+]C(C)=C(N)C(=O)NC2CC2)c(OC)c1. The third-order valence-electron chi connectivity index (χ3n) is 3.79. The van der Waals surface area contributed by atoms with Crippen LogP contribution >= 0.6 is 0 Å². The van der Waals surface area contributed by atoms with Gasteiger partial charge in [0.1, 0.15) is 5.70 Å². The van der Waals surface area contributed by atoms with E-state index in [0.717, 1.165) is 18.5 Å².